The lowest BCUT2D eigenvalue weighted by atomic mass is 10.0. The summed E-state index contributed by atoms with van der Waals surface area (Å²) < 4.78 is 18.6. The van der Waals surface area contributed by atoms with Crippen LogP contribution in [0.1, 0.15) is 40.6 Å². The number of benzene rings is 2. The van der Waals surface area contributed by atoms with E-state index in [1.54, 1.807) is 18.2 Å². The molecule has 1 atom stereocenters. The minimum atomic E-state index is -0.358. The highest BCUT2D eigenvalue weighted by molar-refractivity contribution is 5.92. The molecule has 6 heteroatoms. The molecule has 0 bridgehead atoms. The molecule has 4 rings (SSSR count). The summed E-state index contributed by atoms with van der Waals surface area (Å²) in [7, 11) is 0. The van der Waals surface area contributed by atoms with Gasteiger partial charge in [0.2, 0.25) is 5.76 Å². The van der Waals surface area contributed by atoms with Gasteiger partial charge < -0.3 is 9.84 Å². The molecule has 1 aromatic heterocycles. The summed E-state index contributed by atoms with van der Waals surface area (Å²) in [6.07, 6.45) is 2.35. The summed E-state index contributed by atoms with van der Waals surface area (Å²) in [4.78, 5) is 15.0. The molecule has 3 aromatic rings. The molecule has 1 amide bonds. The van der Waals surface area contributed by atoms with E-state index in [4.69, 9.17) is 4.52 Å². The van der Waals surface area contributed by atoms with Gasteiger partial charge in [-0.05, 0) is 50.6 Å². The molecule has 29 heavy (non-hydrogen) atoms. The summed E-state index contributed by atoms with van der Waals surface area (Å²) in [6, 6.07) is 16.2. The fraction of sp³-hybridized carbons (Fsp3) is 0.304. The molecule has 0 unspecified atom stereocenters. The summed E-state index contributed by atoms with van der Waals surface area (Å²) in [6.45, 7) is 4.61. The minimum Gasteiger partial charge on any atom is -0.350 e. The van der Waals surface area contributed by atoms with E-state index in [1.807, 2.05) is 0 Å². The van der Waals surface area contributed by atoms with Gasteiger partial charge in [0, 0.05) is 18.2 Å². The van der Waals surface area contributed by atoms with Gasteiger partial charge in [-0.1, -0.05) is 47.1 Å². The van der Waals surface area contributed by atoms with Crippen molar-refractivity contribution >= 4 is 5.91 Å². The molecule has 2 heterocycles. The fourth-order valence-electron chi connectivity index (χ4n) is 3.74. The van der Waals surface area contributed by atoms with Crippen molar-refractivity contribution in [2.75, 3.05) is 19.6 Å². The average molecular weight is 393 g/mol. The SMILES string of the molecule is Cc1ccc([C@@H](CNC(=O)c2cc(-c3cccc(F)c3)no2)N2CCCC2)cc1. The van der Waals surface area contributed by atoms with E-state index in [2.05, 4.69) is 46.6 Å². The van der Waals surface area contributed by atoms with Crippen molar-refractivity contribution in [2.45, 2.75) is 25.8 Å². The van der Waals surface area contributed by atoms with Crippen molar-refractivity contribution in [3.8, 4) is 11.3 Å². The molecule has 0 radical (unpaired) electrons. The van der Waals surface area contributed by atoms with E-state index in [1.165, 1.54) is 36.1 Å². The standard InChI is InChI=1S/C23H24FN3O2/c1-16-7-9-17(10-8-16)21(27-11-2-3-12-27)15-25-23(28)22-14-20(26-29-22)18-5-4-6-19(24)13-18/h4-10,13-14,21H,2-3,11-12,15H2,1H3,(H,25,28)/t21-/m1/s1. The first-order valence-electron chi connectivity index (χ1n) is 9.91. The van der Waals surface area contributed by atoms with Gasteiger partial charge in [0.15, 0.2) is 0 Å². The maximum absolute atomic E-state index is 13.4. The van der Waals surface area contributed by atoms with Crippen molar-refractivity contribution in [1.29, 1.82) is 0 Å². The van der Waals surface area contributed by atoms with E-state index in [9.17, 15) is 9.18 Å². The van der Waals surface area contributed by atoms with Gasteiger partial charge in [0.05, 0.1) is 6.04 Å². The summed E-state index contributed by atoms with van der Waals surface area (Å²) in [5, 5.41) is 6.88. The molecule has 0 spiro atoms. The van der Waals surface area contributed by atoms with Crippen LogP contribution in [0.5, 0.6) is 0 Å². The highest BCUT2D eigenvalue weighted by atomic mass is 19.1. The molecular weight excluding hydrogens is 369 g/mol. The third-order valence-electron chi connectivity index (χ3n) is 5.35. The first kappa shape index (κ1) is 19.3. The second kappa shape index (κ2) is 8.57. The summed E-state index contributed by atoms with van der Waals surface area (Å²) >= 11 is 0. The zero-order chi connectivity index (χ0) is 20.2. The summed E-state index contributed by atoms with van der Waals surface area (Å²) in [5.74, 6) is -0.562. The Morgan fingerprint density at radius 3 is 2.66 bits per heavy atom. The van der Waals surface area contributed by atoms with Gasteiger partial charge in [-0.15, -0.1) is 0 Å². The molecule has 1 saturated heterocycles. The Morgan fingerprint density at radius 1 is 1.17 bits per heavy atom. The lowest BCUT2D eigenvalue weighted by Crippen LogP contribution is -2.36. The topological polar surface area (TPSA) is 58.4 Å². The van der Waals surface area contributed by atoms with Crippen molar-refractivity contribution in [1.82, 2.24) is 15.4 Å². The molecule has 150 valence electrons. The molecule has 2 aromatic carbocycles. The van der Waals surface area contributed by atoms with Gasteiger partial charge in [-0.3, -0.25) is 9.69 Å². The zero-order valence-electron chi connectivity index (χ0n) is 16.4. The van der Waals surface area contributed by atoms with E-state index in [0.717, 1.165) is 13.1 Å². The average Bonchev–Trinajstić information content (AvgIpc) is 3.42. The Kier molecular flexibility index (Phi) is 5.71. The Bertz CT molecular complexity index is 978. The van der Waals surface area contributed by atoms with Crippen molar-refractivity contribution in [2.24, 2.45) is 0 Å². The predicted octanol–water partition coefficient (Wildman–Crippen LogP) is 4.36. The van der Waals surface area contributed by atoms with Crippen LogP contribution in [-0.2, 0) is 0 Å². The van der Waals surface area contributed by atoms with Crippen LogP contribution in [0.4, 0.5) is 4.39 Å². The molecule has 1 aliphatic rings. The number of aromatic nitrogens is 1. The van der Waals surface area contributed by atoms with Crippen molar-refractivity contribution < 1.29 is 13.7 Å². The van der Waals surface area contributed by atoms with Crippen LogP contribution in [0.25, 0.3) is 11.3 Å². The van der Waals surface area contributed by atoms with Crippen LogP contribution in [-0.4, -0.2) is 35.6 Å². The first-order valence-corrected chi connectivity index (χ1v) is 9.91. The number of halogens is 1. The number of carbonyl (C=O) groups excluding carboxylic acids is 1. The van der Waals surface area contributed by atoms with Gasteiger partial charge in [-0.25, -0.2) is 4.39 Å². The van der Waals surface area contributed by atoms with Gasteiger partial charge in [0.1, 0.15) is 11.5 Å². The maximum atomic E-state index is 13.4. The molecule has 1 N–H and O–H groups in total. The second-order valence-corrected chi connectivity index (χ2v) is 7.47. The first-order chi connectivity index (χ1) is 14.1. The third-order valence-corrected chi connectivity index (χ3v) is 5.35. The normalized spacial score (nSPS) is 15.4. The lowest BCUT2D eigenvalue weighted by molar-refractivity contribution is 0.0901. The van der Waals surface area contributed by atoms with Crippen LogP contribution in [0.15, 0.2) is 59.1 Å². The number of hydrogen-bond acceptors (Lipinski definition) is 4. The second-order valence-electron chi connectivity index (χ2n) is 7.47. The Morgan fingerprint density at radius 2 is 1.93 bits per heavy atom. The number of rotatable bonds is 6. The Labute approximate surface area is 169 Å². The maximum Gasteiger partial charge on any atom is 0.289 e. The number of amides is 1. The smallest absolute Gasteiger partial charge is 0.289 e. The van der Waals surface area contributed by atoms with E-state index in [-0.39, 0.29) is 23.5 Å². The number of aryl methyl sites for hydroxylation is 1. The quantitative estimate of drug-likeness (QED) is 0.676. The highest BCUT2D eigenvalue weighted by Crippen LogP contribution is 2.25. The fourth-order valence-corrected chi connectivity index (χ4v) is 3.74. The minimum absolute atomic E-state index is 0.118. The van der Waals surface area contributed by atoms with E-state index in [0.29, 0.717) is 17.8 Å². The molecule has 5 nitrogen and oxygen atoms in total. The zero-order valence-corrected chi connectivity index (χ0v) is 16.4. The van der Waals surface area contributed by atoms with Crippen LogP contribution in [0, 0.1) is 12.7 Å². The summed E-state index contributed by atoms with van der Waals surface area (Å²) in [5.41, 5.74) is 3.41. The molecule has 1 aliphatic heterocycles. The molecule has 0 aliphatic carbocycles. The van der Waals surface area contributed by atoms with Crippen LogP contribution < -0.4 is 5.32 Å². The van der Waals surface area contributed by atoms with E-state index >= 15 is 0 Å². The molecular formula is C23H24FN3O2. The van der Waals surface area contributed by atoms with Gasteiger partial charge >= 0.3 is 0 Å². The van der Waals surface area contributed by atoms with Crippen molar-refractivity contribution in [3.63, 3.8) is 0 Å². The number of hydrogen-bond donors (Lipinski definition) is 1. The largest absolute Gasteiger partial charge is 0.350 e. The number of carbonyl (C=O) groups is 1. The van der Waals surface area contributed by atoms with Gasteiger partial charge in [0.25, 0.3) is 5.91 Å². The predicted molar refractivity (Wildman–Crippen MR) is 109 cm³/mol. The van der Waals surface area contributed by atoms with Crippen LogP contribution in [0.3, 0.4) is 0 Å². The van der Waals surface area contributed by atoms with Crippen LogP contribution >= 0.6 is 0 Å². The monoisotopic (exact) mass is 393 g/mol. The van der Waals surface area contributed by atoms with Crippen LogP contribution in [0.2, 0.25) is 0 Å². The van der Waals surface area contributed by atoms with E-state index < -0.39 is 0 Å². The molecule has 1 fully saturated rings. The van der Waals surface area contributed by atoms with Crippen molar-refractivity contribution in [3.05, 3.63) is 77.3 Å². The molecule has 0 saturated carbocycles. The number of likely N-dealkylation sites (tertiary alicyclic amines) is 1. The number of nitrogens with one attached hydrogen (secondary N) is 1. The Balaban J connectivity index is 1.46. The lowest BCUT2D eigenvalue weighted by Gasteiger charge is -2.28. The number of nitrogens with zero attached hydrogens (tertiary/aromatic N) is 2. The highest BCUT2D eigenvalue weighted by Gasteiger charge is 2.25. The third kappa shape index (κ3) is 4.54. The van der Waals surface area contributed by atoms with Gasteiger partial charge in [-0.2, -0.15) is 0 Å². The Hall–Kier alpha value is -2.99.